The molecule has 2 aromatic carbocycles. The van der Waals surface area contributed by atoms with Crippen LogP contribution in [0.15, 0.2) is 42.5 Å². The van der Waals surface area contributed by atoms with Crippen molar-refractivity contribution in [3.05, 3.63) is 59.4 Å². The van der Waals surface area contributed by atoms with Crippen molar-refractivity contribution in [1.82, 2.24) is 19.4 Å². The second-order valence-electron chi connectivity index (χ2n) is 10.0. The number of likely N-dealkylation sites (N-methyl/N-ethyl adjacent to an activating group) is 2. The number of imidazole rings is 1. The molecule has 0 aliphatic carbocycles. The lowest BCUT2D eigenvalue weighted by Gasteiger charge is -2.36. The van der Waals surface area contributed by atoms with Crippen molar-refractivity contribution in [1.29, 1.82) is 5.41 Å². The molecule has 0 saturated carbocycles. The van der Waals surface area contributed by atoms with Gasteiger partial charge in [0.2, 0.25) is 11.8 Å². The van der Waals surface area contributed by atoms with Crippen molar-refractivity contribution in [2.75, 3.05) is 39.1 Å². The molecule has 0 radical (unpaired) electrons. The van der Waals surface area contributed by atoms with Gasteiger partial charge in [0, 0.05) is 45.5 Å². The van der Waals surface area contributed by atoms with E-state index >= 15 is 0 Å². The summed E-state index contributed by atoms with van der Waals surface area (Å²) in [7, 11) is 5.25. The first-order valence-corrected chi connectivity index (χ1v) is 13.2. The van der Waals surface area contributed by atoms with Gasteiger partial charge in [0.1, 0.15) is 18.1 Å². The number of carbonyl (C=O) groups is 3. The van der Waals surface area contributed by atoms with E-state index in [2.05, 4.69) is 5.32 Å². The Morgan fingerprint density at radius 1 is 1.10 bits per heavy atom. The van der Waals surface area contributed by atoms with Gasteiger partial charge < -0.3 is 30.2 Å². The molecule has 11 heteroatoms. The molecule has 40 heavy (non-hydrogen) atoms. The summed E-state index contributed by atoms with van der Waals surface area (Å²) in [5.41, 5.74) is 8.33. The normalized spacial score (nSPS) is 12.4. The number of esters is 1. The van der Waals surface area contributed by atoms with Crippen molar-refractivity contribution in [2.24, 2.45) is 12.8 Å². The molecule has 2 amide bonds. The lowest BCUT2D eigenvalue weighted by molar-refractivity contribution is -0.148. The van der Waals surface area contributed by atoms with Gasteiger partial charge in [0.25, 0.3) is 0 Å². The van der Waals surface area contributed by atoms with Gasteiger partial charge in [0.15, 0.2) is 0 Å². The highest BCUT2D eigenvalue weighted by molar-refractivity contribution is 5.96. The summed E-state index contributed by atoms with van der Waals surface area (Å²) in [6.45, 7) is 6.63. The first-order chi connectivity index (χ1) is 18.9. The molecular formula is C29H39N7O4. The first kappa shape index (κ1) is 30.1. The topological polar surface area (TPSA) is 147 Å². The molecule has 0 bridgehead atoms. The van der Waals surface area contributed by atoms with E-state index in [1.54, 1.807) is 38.1 Å². The van der Waals surface area contributed by atoms with Crippen molar-refractivity contribution < 1.29 is 19.1 Å². The van der Waals surface area contributed by atoms with Crippen LogP contribution in [-0.2, 0) is 38.1 Å². The number of nitrogen functional groups attached to an aromatic ring is 1. The molecule has 0 aliphatic heterocycles. The maximum absolute atomic E-state index is 13.7. The van der Waals surface area contributed by atoms with Crippen molar-refractivity contribution in [2.45, 2.75) is 39.2 Å². The second-order valence-corrected chi connectivity index (χ2v) is 10.0. The molecule has 3 rings (SSSR count). The Kier molecular flexibility index (Phi) is 9.51. The van der Waals surface area contributed by atoms with E-state index in [0.717, 1.165) is 28.1 Å². The molecule has 3 aromatic rings. The number of nitrogens with zero attached hydrogens (tertiary/aromatic N) is 4. The SMILES string of the molecule is CCOC(=O)CC(=O)N(C)CC(C)(C(=O)N(C)CC)c1ccc2c(c1)nc(CNc1ccc(C(=N)N)cc1)n2C. The van der Waals surface area contributed by atoms with Gasteiger partial charge in [-0.3, -0.25) is 19.8 Å². The van der Waals surface area contributed by atoms with E-state index < -0.39 is 17.3 Å². The number of hydrogen-bond donors (Lipinski definition) is 3. The van der Waals surface area contributed by atoms with Crippen LogP contribution in [0.4, 0.5) is 5.69 Å². The van der Waals surface area contributed by atoms with Gasteiger partial charge in [-0.15, -0.1) is 0 Å². The average molecular weight is 550 g/mol. The molecule has 0 aliphatic rings. The van der Waals surface area contributed by atoms with Crippen LogP contribution in [0.3, 0.4) is 0 Å². The number of fused-ring (bicyclic) bond motifs is 1. The molecule has 0 fully saturated rings. The number of benzene rings is 2. The van der Waals surface area contributed by atoms with Gasteiger partial charge >= 0.3 is 5.97 Å². The van der Waals surface area contributed by atoms with Gasteiger partial charge in [-0.1, -0.05) is 6.07 Å². The Hall–Kier alpha value is -4.41. The number of ether oxygens (including phenoxy) is 1. The highest BCUT2D eigenvalue weighted by Crippen LogP contribution is 2.30. The fourth-order valence-electron chi connectivity index (χ4n) is 4.58. The van der Waals surface area contributed by atoms with Crippen LogP contribution in [0.2, 0.25) is 0 Å². The largest absolute Gasteiger partial charge is 0.466 e. The third kappa shape index (κ3) is 6.59. The fraction of sp³-hybridized carbons (Fsp3) is 0.414. The lowest BCUT2D eigenvalue weighted by Crippen LogP contribution is -2.51. The van der Waals surface area contributed by atoms with Gasteiger partial charge in [-0.2, -0.15) is 0 Å². The predicted octanol–water partition coefficient (Wildman–Crippen LogP) is 2.62. The lowest BCUT2D eigenvalue weighted by atomic mass is 9.80. The van der Waals surface area contributed by atoms with E-state index in [1.165, 1.54) is 4.90 Å². The van der Waals surface area contributed by atoms with Crippen LogP contribution in [0.25, 0.3) is 11.0 Å². The van der Waals surface area contributed by atoms with E-state index in [-0.39, 0.29) is 31.3 Å². The summed E-state index contributed by atoms with van der Waals surface area (Å²) in [6, 6.07) is 13.0. The molecule has 1 heterocycles. The zero-order valence-electron chi connectivity index (χ0n) is 24.1. The first-order valence-electron chi connectivity index (χ1n) is 13.2. The zero-order valence-corrected chi connectivity index (χ0v) is 24.1. The van der Waals surface area contributed by atoms with Gasteiger partial charge in [0.05, 0.1) is 29.6 Å². The number of hydrogen-bond acceptors (Lipinski definition) is 7. The van der Waals surface area contributed by atoms with Crippen LogP contribution in [0.5, 0.6) is 0 Å². The number of rotatable bonds is 12. The van der Waals surface area contributed by atoms with Crippen LogP contribution in [0.1, 0.15) is 44.1 Å². The monoisotopic (exact) mass is 549 g/mol. The van der Waals surface area contributed by atoms with Crippen LogP contribution >= 0.6 is 0 Å². The minimum Gasteiger partial charge on any atom is -0.466 e. The molecule has 1 unspecified atom stereocenters. The molecule has 214 valence electrons. The quantitative estimate of drug-likeness (QED) is 0.136. The Morgan fingerprint density at radius 2 is 1.77 bits per heavy atom. The predicted molar refractivity (Wildman–Crippen MR) is 155 cm³/mol. The summed E-state index contributed by atoms with van der Waals surface area (Å²) in [4.78, 5) is 46.1. The van der Waals surface area contributed by atoms with E-state index in [1.807, 2.05) is 55.8 Å². The maximum atomic E-state index is 13.7. The van der Waals surface area contributed by atoms with Gasteiger partial charge in [-0.25, -0.2) is 4.98 Å². The molecule has 0 spiro atoms. The summed E-state index contributed by atoms with van der Waals surface area (Å²) in [5.74, 6) is -0.341. The molecule has 1 atom stereocenters. The zero-order chi connectivity index (χ0) is 29.6. The Morgan fingerprint density at radius 3 is 2.38 bits per heavy atom. The summed E-state index contributed by atoms with van der Waals surface area (Å²) in [5, 5.41) is 10.9. The standard InChI is InChI=1S/C29H39N7O4/c1-7-34(4)28(39)29(3,18-35(5)25(37)16-26(38)40-8-2)20-11-14-23-22(15-20)33-24(36(23)6)17-32-21-12-9-19(10-13-21)27(30)31/h9-15,32H,7-8,16-18H2,1-6H3,(H3,30,31). The molecule has 4 N–H and O–H groups in total. The molecule has 1 aromatic heterocycles. The van der Waals surface area contributed by atoms with Crippen molar-refractivity contribution in [3.8, 4) is 0 Å². The maximum Gasteiger partial charge on any atom is 0.315 e. The molecule has 0 saturated heterocycles. The number of anilines is 1. The third-order valence-electron chi connectivity index (χ3n) is 7.13. The summed E-state index contributed by atoms with van der Waals surface area (Å²) < 4.78 is 6.90. The summed E-state index contributed by atoms with van der Waals surface area (Å²) in [6.07, 6.45) is -0.384. The van der Waals surface area contributed by atoms with Crippen molar-refractivity contribution >= 4 is 40.3 Å². The number of aromatic nitrogens is 2. The van der Waals surface area contributed by atoms with E-state index in [9.17, 15) is 14.4 Å². The van der Waals surface area contributed by atoms with Crippen LogP contribution < -0.4 is 11.1 Å². The van der Waals surface area contributed by atoms with Crippen LogP contribution in [0, 0.1) is 5.41 Å². The number of amidine groups is 1. The second kappa shape index (κ2) is 12.6. The Balaban J connectivity index is 1.89. The minimum absolute atomic E-state index is 0.0166. The molecule has 11 nitrogen and oxygen atoms in total. The van der Waals surface area contributed by atoms with Crippen molar-refractivity contribution in [3.63, 3.8) is 0 Å². The molecular weight excluding hydrogens is 510 g/mol. The number of amides is 2. The van der Waals surface area contributed by atoms with Crippen LogP contribution in [-0.4, -0.2) is 76.8 Å². The highest BCUT2D eigenvalue weighted by atomic mass is 16.5. The number of carbonyl (C=O) groups excluding carboxylic acids is 3. The van der Waals surface area contributed by atoms with E-state index in [0.29, 0.717) is 18.7 Å². The average Bonchev–Trinajstić information content (AvgIpc) is 3.25. The number of nitrogens with two attached hydrogens (primary N) is 1. The Bertz CT molecular complexity index is 1400. The van der Waals surface area contributed by atoms with E-state index in [4.69, 9.17) is 20.9 Å². The van der Waals surface area contributed by atoms with Gasteiger partial charge in [-0.05, 0) is 62.7 Å². The number of nitrogens with one attached hydrogen (secondary N) is 2. The minimum atomic E-state index is -1.08. The fourth-order valence-corrected chi connectivity index (χ4v) is 4.58. The number of aryl methyl sites for hydroxylation is 1. The smallest absolute Gasteiger partial charge is 0.315 e. The highest BCUT2D eigenvalue weighted by Gasteiger charge is 2.39. The summed E-state index contributed by atoms with van der Waals surface area (Å²) >= 11 is 0. The third-order valence-corrected chi connectivity index (χ3v) is 7.13. The Labute approximate surface area is 234 Å².